The van der Waals surface area contributed by atoms with Crippen molar-refractivity contribution in [1.29, 1.82) is 0 Å². The number of hydrogen-bond donors (Lipinski definition) is 1. The number of hydrogen-bond acceptors (Lipinski definition) is 5. The lowest BCUT2D eigenvalue weighted by atomic mass is 10.0. The average Bonchev–Trinajstić information content (AvgIpc) is 2.85. The van der Waals surface area contributed by atoms with Crippen LogP contribution in [-0.4, -0.2) is 40.0 Å². The Labute approximate surface area is 201 Å². The van der Waals surface area contributed by atoms with Crippen LogP contribution in [0.1, 0.15) is 28.8 Å². The molecule has 0 saturated carbocycles. The summed E-state index contributed by atoms with van der Waals surface area (Å²) in [6.45, 7) is 3.50. The highest BCUT2D eigenvalue weighted by molar-refractivity contribution is 6.31. The first-order valence-corrected chi connectivity index (χ1v) is 11.6. The second-order valence-corrected chi connectivity index (χ2v) is 8.73. The number of anilines is 1. The van der Waals surface area contributed by atoms with Crippen molar-refractivity contribution in [3.63, 3.8) is 0 Å². The van der Waals surface area contributed by atoms with Gasteiger partial charge >= 0.3 is 0 Å². The van der Waals surface area contributed by atoms with Crippen LogP contribution < -0.4 is 10.2 Å². The topological polar surface area (TPSA) is 71.0 Å². The van der Waals surface area contributed by atoms with Crippen LogP contribution in [0, 0.1) is 12.7 Å². The number of aromatic nitrogens is 3. The Morgan fingerprint density at radius 1 is 1.12 bits per heavy atom. The molecule has 172 valence electrons. The number of amides is 1. The minimum absolute atomic E-state index is 0.0262. The highest BCUT2D eigenvalue weighted by Gasteiger charge is 2.31. The van der Waals surface area contributed by atoms with E-state index < -0.39 is 11.7 Å². The van der Waals surface area contributed by atoms with Crippen molar-refractivity contribution in [2.45, 2.75) is 25.8 Å². The maximum atomic E-state index is 15.4. The molecule has 0 aliphatic carbocycles. The number of carbonyl (C=O) groups excluding carboxylic acids is 1. The molecule has 1 aliphatic heterocycles. The van der Waals surface area contributed by atoms with Crippen molar-refractivity contribution in [3.05, 3.63) is 83.2 Å². The normalized spacial score (nSPS) is 15.9. The number of halogens is 2. The zero-order chi connectivity index (χ0) is 23.7. The third-order valence-corrected chi connectivity index (χ3v) is 6.47. The fourth-order valence-corrected chi connectivity index (χ4v) is 4.75. The van der Waals surface area contributed by atoms with Gasteiger partial charge in [0.25, 0.3) is 5.91 Å². The number of benzene rings is 2. The van der Waals surface area contributed by atoms with E-state index in [2.05, 4.69) is 20.3 Å². The van der Waals surface area contributed by atoms with Gasteiger partial charge in [-0.1, -0.05) is 35.9 Å². The molecule has 1 saturated heterocycles. The van der Waals surface area contributed by atoms with Crippen LogP contribution in [0.3, 0.4) is 0 Å². The molecule has 3 heterocycles. The summed E-state index contributed by atoms with van der Waals surface area (Å²) in [6.07, 6.45) is 6.38. The molecule has 1 fully saturated rings. The number of aryl methyl sites for hydroxylation is 1. The van der Waals surface area contributed by atoms with Crippen molar-refractivity contribution in [2.24, 2.45) is 0 Å². The molecule has 0 spiro atoms. The second-order valence-electron chi connectivity index (χ2n) is 8.37. The highest BCUT2D eigenvalue weighted by atomic mass is 35.5. The van der Waals surface area contributed by atoms with Crippen molar-refractivity contribution >= 4 is 34.1 Å². The Balaban J connectivity index is 1.61. The predicted octanol–water partition coefficient (Wildman–Crippen LogP) is 5.19. The van der Waals surface area contributed by atoms with Crippen LogP contribution >= 0.6 is 11.6 Å². The first-order valence-electron chi connectivity index (χ1n) is 11.2. The molecule has 1 N–H and O–H groups in total. The molecule has 5 rings (SSSR count). The van der Waals surface area contributed by atoms with Gasteiger partial charge in [0.1, 0.15) is 17.3 Å². The standard InChI is InChI=1S/C26H23ClFN5O/c1-16-4-2-5-17-9-11-32-25(22(16)17)33(19-6-3-10-29-15-19)26(34)20-8-7-18(14-21(20)28)23-24(27)31-13-12-30-23/h2,4-5,7-9,11-14,19,29H,3,6,10,15H2,1H3/t19-/m1/s1. The SMILES string of the molecule is Cc1cccc2ccnc(N(C(=O)c3ccc(-c4nccnc4Cl)cc3F)[C@@H]3CCCNC3)c12. The molecule has 6 nitrogen and oxygen atoms in total. The van der Waals surface area contributed by atoms with E-state index in [1.54, 1.807) is 17.2 Å². The van der Waals surface area contributed by atoms with Gasteiger partial charge in [0.2, 0.25) is 0 Å². The van der Waals surface area contributed by atoms with Gasteiger partial charge in [-0.25, -0.2) is 14.4 Å². The van der Waals surface area contributed by atoms with Gasteiger partial charge in [0.15, 0.2) is 5.15 Å². The molecule has 1 aliphatic rings. The summed E-state index contributed by atoms with van der Waals surface area (Å²) in [4.78, 5) is 28.4. The Morgan fingerprint density at radius 3 is 2.74 bits per heavy atom. The fraction of sp³-hybridized carbons (Fsp3) is 0.231. The minimum Gasteiger partial charge on any atom is -0.315 e. The summed E-state index contributed by atoms with van der Waals surface area (Å²) < 4.78 is 15.4. The van der Waals surface area contributed by atoms with Crippen LogP contribution in [0.5, 0.6) is 0 Å². The van der Waals surface area contributed by atoms with E-state index in [0.717, 1.165) is 35.7 Å². The van der Waals surface area contributed by atoms with E-state index >= 15 is 4.39 Å². The molecule has 0 unspecified atom stereocenters. The Bertz CT molecular complexity index is 1370. The highest BCUT2D eigenvalue weighted by Crippen LogP contribution is 2.32. The Kier molecular flexibility index (Phi) is 6.22. The predicted molar refractivity (Wildman–Crippen MR) is 132 cm³/mol. The van der Waals surface area contributed by atoms with E-state index in [9.17, 15) is 4.79 Å². The smallest absolute Gasteiger partial charge is 0.262 e. The molecule has 2 aromatic heterocycles. The van der Waals surface area contributed by atoms with Crippen molar-refractivity contribution in [3.8, 4) is 11.3 Å². The van der Waals surface area contributed by atoms with Gasteiger partial charge in [-0.05, 0) is 55.5 Å². The molecule has 34 heavy (non-hydrogen) atoms. The number of carbonyl (C=O) groups is 1. The lowest BCUT2D eigenvalue weighted by Crippen LogP contribution is -2.49. The molecule has 0 radical (unpaired) electrons. The van der Waals surface area contributed by atoms with Crippen molar-refractivity contribution < 1.29 is 9.18 Å². The van der Waals surface area contributed by atoms with Gasteiger partial charge in [-0.15, -0.1) is 0 Å². The van der Waals surface area contributed by atoms with E-state index in [1.807, 2.05) is 31.2 Å². The lowest BCUT2D eigenvalue weighted by molar-refractivity contribution is 0.0968. The first kappa shape index (κ1) is 22.4. The van der Waals surface area contributed by atoms with Gasteiger partial charge in [0, 0.05) is 36.1 Å². The van der Waals surface area contributed by atoms with Gasteiger partial charge < -0.3 is 5.32 Å². The minimum atomic E-state index is -0.644. The van der Waals surface area contributed by atoms with Gasteiger partial charge in [-0.2, -0.15) is 0 Å². The first-order chi connectivity index (χ1) is 16.5. The van der Waals surface area contributed by atoms with E-state index in [0.29, 0.717) is 23.6 Å². The monoisotopic (exact) mass is 475 g/mol. The van der Waals surface area contributed by atoms with Crippen LogP contribution in [0.25, 0.3) is 22.0 Å². The summed E-state index contributed by atoms with van der Waals surface area (Å²) in [5.41, 5.74) is 1.80. The van der Waals surface area contributed by atoms with E-state index in [1.165, 1.54) is 24.5 Å². The number of nitrogens with one attached hydrogen (secondary N) is 1. The van der Waals surface area contributed by atoms with Gasteiger partial charge in [0.05, 0.1) is 11.6 Å². The summed E-state index contributed by atoms with van der Waals surface area (Å²) in [7, 11) is 0. The second kappa shape index (κ2) is 9.44. The van der Waals surface area contributed by atoms with Crippen molar-refractivity contribution in [1.82, 2.24) is 20.3 Å². The zero-order valence-corrected chi connectivity index (χ0v) is 19.4. The summed E-state index contributed by atoms with van der Waals surface area (Å²) in [5, 5.41) is 5.41. The summed E-state index contributed by atoms with van der Waals surface area (Å²) in [5.74, 6) is -0.518. The van der Waals surface area contributed by atoms with Crippen LogP contribution in [0.4, 0.5) is 10.2 Å². The Morgan fingerprint density at radius 2 is 1.97 bits per heavy atom. The third kappa shape index (κ3) is 4.13. The fourth-order valence-electron chi connectivity index (χ4n) is 4.54. The van der Waals surface area contributed by atoms with Gasteiger partial charge in [-0.3, -0.25) is 14.7 Å². The number of piperidine rings is 1. The molecular formula is C26H23ClFN5O. The lowest BCUT2D eigenvalue weighted by Gasteiger charge is -2.35. The number of pyridine rings is 1. The third-order valence-electron chi connectivity index (χ3n) is 6.19. The average molecular weight is 476 g/mol. The largest absolute Gasteiger partial charge is 0.315 e. The maximum absolute atomic E-state index is 15.4. The molecule has 2 aromatic carbocycles. The summed E-state index contributed by atoms with van der Waals surface area (Å²) >= 11 is 6.13. The molecule has 1 atom stereocenters. The quantitative estimate of drug-likeness (QED) is 0.439. The maximum Gasteiger partial charge on any atom is 0.262 e. The van der Waals surface area contributed by atoms with Crippen LogP contribution in [-0.2, 0) is 0 Å². The zero-order valence-electron chi connectivity index (χ0n) is 18.6. The van der Waals surface area contributed by atoms with E-state index in [-0.39, 0.29) is 16.8 Å². The number of rotatable bonds is 4. The molecule has 1 amide bonds. The number of nitrogens with zero attached hydrogens (tertiary/aromatic N) is 4. The Hall–Kier alpha value is -3.42. The van der Waals surface area contributed by atoms with Crippen LogP contribution in [0.15, 0.2) is 61.1 Å². The van der Waals surface area contributed by atoms with E-state index in [4.69, 9.17) is 11.6 Å². The molecule has 0 bridgehead atoms. The van der Waals surface area contributed by atoms with Crippen LogP contribution in [0.2, 0.25) is 5.15 Å². The molecule has 4 aromatic rings. The molecular weight excluding hydrogens is 453 g/mol. The summed E-state index contributed by atoms with van der Waals surface area (Å²) in [6, 6.07) is 12.2. The molecule has 8 heteroatoms. The van der Waals surface area contributed by atoms with Crippen molar-refractivity contribution in [2.75, 3.05) is 18.0 Å². The number of fused-ring (bicyclic) bond motifs is 1.